The molecule has 80 heavy (non-hydrogen) atoms. The molecular formula is C74H138O6. The van der Waals surface area contributed by atoms with Crippen LogP contribution in [0, 0.1) is 0 Å². The van der Waals surface area contributed by atoms with Crippen LogP contribution in [0.1, 0.15) is 400 Å². The van der Waals surface area contributed by atoms with Crippen molar-refractivity contribution in [2.24, 2.45) is 0 Å². The summed E-state index contributed by atoms with van der Waals surface area (Å²) in [6, 6.07) is 0. The summed E-state index contributed by atoms with van der Waals surface area (Å²) in [7, 11) is 0. The number of hydrogen-bond acceptors (Lipinski definition) is 6. The third kappa shape index (κ3) is 66.4. The second kappa shape index (κ2) is 69.1. The fourth-order valence-electron chi connectivity index (χ4n) is 10.9. The molecule has 0 N–H and O–H groups in total. The highest BCUT2D eigenvalue weighted by Crippen LogP contribution is 2.18. The van der Waals surface area contributed by atoms with Crippen LogP contribution >= 0.6 is 0 Å². The highest BCUT2D eigenvalue weighted by Gasteiger charge is 2.19. The summed E-state index contributed by atoms with van der Waals surface area (Å²) in [5, 5.41) is 0. The van der Waals surface area contributed by atoms with Crippen LogP contribution < -0.4 is 0 Å². The Hall–Kier alpha value is -2.37. The lowest BCUT2D eigenvalue weighted by atomic mass is 10.0. The summed E-state index contributed by atoms with van der Waals surface area (Å²) in [6.45, 7) is 6.71. The Bertz CT molecular complexity index is 1340. The first-order valence-electron chi connectivity index (χ1n) is 36.0. The molecule has 0 rings (SSSR count). The summed E-state index contributed by atoms with van der Waals surface area (Å²) in [5.41, 5.74) is 0. The van der Waals surface area contributed by atoms with Gasteiger partial charge in [0, 0.05) is 19.3 Å². The largest absolute Gasteiger partial charge is 0.462 e. The van der Waals surface area contributed by atoms with Gasteiger partial charge in [-0.25, -0.2) is 0 Å². The Morgan fingerprint density at radius 2 is 0.450 bits per heavy atom. The lowest BCUT2D eigenvalue weighted by molar-refractivity contribution is -0.167. The van der Waals surface area contributed by atoms with Gasteiger partial charge in [0.05, 0.1) is 0 Å². The maximum Gasteiger partial charge on any atom is 0.306 e. The topological polar surface area (TPSA) is 78.9 Å². The van der Waals surface area contributed by atoms with Gasteiger partial charge in [0.1, 0.15) is 13.2 Å². The quantitative estimate of drug-likeness (QED) is 0.0261. The van der Waals surface area contributed by atoms with Crippen LogP contribution in [-0.4, -0.2) is 37.2 Å². The number of rotatable bonds is 67. The minimum absolute atomic E-state index is 0.0696. The fourth-order valence-corrected chi connectivity index (χ4v) is 10.9. The summed E-state index contributed by atoms with van der Waals surface area (Å²) in [5.74, 6) is -0.844. The van der Waals surface area contributed by atoms with Crippen molar-refractivity contribution in [3.63, 3.8) is 0 Å². The first kappa shape index (κ1) is 77.6. The molecule has 1 unspecified atom stereocenters. The van der Waals surface area contributed by atoms with Crippen molar-refractivity contribution in [1.29, 1.82) is 0 Å². The maximum absolute atomic E-state index is 13.0. The third-order valence-corrected chi connectivity index (χ3v) is 16.4. The SMILES string of the molecule is CCCCCCC/C=C\C/C=C\CCCCCCCCCCCCCC(=O)OCC(COC(=O)CCCCCCCCC/C=C\CCCCCCCCC)OC(=O)CCCCCCCCCCCCCCCCCCCCCCC. The van der Waals surface area contributed by atoms with Gasteiger partial charge in [0.15, 0.2) is 6.10 Å². The first-order chi connectivity index (χ1) is 39.5. The van der Waals surface area contributed by atoms with E-state index in [4.69, 9.17) is 14.2 Å². The normalized spacial score (nSPS) is 12.2. The number of allylic oxidation sites excluding steroid dienone is 6. The van der Waals surface area contributed by atoms with E-state index in [9.17, 15) is 14.4 Å². The molecule has 0 radical (unpaired) electrons. The van der Waals surface area contributed by atoms with Crippen molar-refractivity contribution >= 4 is 17.9 Å². The second-order valence-corrected chi connectivity index (χ2v) is 24.5. The molecule has 0 heterocycles. The minimum atomic E-state index is -0.774. The predicted octanol–water partition coefficient (Wildman–Crippen LogP) is 24.7. The number of hydrogen-bond donors (Lipinski definition) is 0. The highest BCUT2D eigenvalue weighted by atomic mass is 16.6. The van der Waals surface area contributed by atoms with Crippen molar-refractivity contribution in [3.05, 3.63) is 36.5 Å². The molecule has 0 aliphatic rings. The molecule has 6 nitrogen and oxygen atoms in total. The van der Waals surface area contributed by atoms with Crippen LogP contribution in [0.5, 0.6) is 0 Å². The van der Waals surface area contributed by atoms with E-state index in [0.29, 0.717) is 19.3 Å². The van der Waals surface area contributed by atoms with Crippen molar-refractivity contribution in [1.82, 2.24) is 0 Å². The van der Waals surface area contributed by atoms with Crippen LogP contribution in [0.15, 0.2) is 36.5 Å². The average Bonchev–Trinajstić information content (AvgIpc) is 3.46. The second-order valence-electron chi connectivity index (χ2n) is 24.5. The van der Waals surface area contributed by atoms with E-state index in [0.717, 1.165) is 64.2 Å². The van der Waals surface area contributed by atoms with Gasteiger partial charge in [-0.1, -0.05) is 340 Å². The molecule has 0 bridgehead atoms. The molecule has 470 valence electrons. The molecule has 0 aromatic heterocycles. The fraction of sp³-hybridized carbons (Fsp3) is 0.878. The standard InChI is InChI=1S/C74H138O6/c1-4-7-10-13-16-19-22-25-28-31-34-36-37-39-40-43-46-49-52-55-58-61-64-67-73(76)79-70-71(69-78-72(75)66-63-60-57-54-51-48-45-42-33-30-27-24-21-18-15-12-9-6-3)80-74(77)68-65-62-59-56-53-50-47-44-41-38-35-32-29-26-23-20-17-14-11-8-5-2/h22,25,30-31,33-34,71H,4-21,23-24,26-29,32,35-70H2,1-3H3/b25-22-,33-30-,34-31-. The van der Waals surface area contributed by atoms with E-state index >= 15 is 0 Å². The van der Waals surface area contributed by atoms with Crippen LogP contribution in [0.3, 0.4) is 0 Å². The van der Waals surface area contributed by atoms with Crippen molar-refractivity contribution in [2.75, 3.05) is 13.2 Å². The van der Waals surface area contributed by atoms with Gasteiger partial charge < -0.3 is 14.2 Å². The summed E-state index contributed by atoms with van der Waals surface area (Å²) in [4.78, 5) is 38.5. The van der Waals surface area contributed by atoms with Gasteiger partial charge in [0.2, 0.25) is 0 Å². The lowest BCUT2D eigenvalue weighted by Gasteiger charge is -2.18. The molecule has 0 aliphatic heterocycles. The van der Waals surface area contributed by atoms with Gasteiger partial charge in [-0.05, 0) is 77.0 Å². The molecule has 0 aliphatic carbocycles. The van der Waals surface area contributed by atoms with Gasteiger partial charge in [0.25, 0.3) is 0 Å². The Kier molecular flexibility index (Phi) is 67.1. The predicted molar refractivity (Wildman–Crippen MR) is 349 cm³/mol. The van der Waals surface area contributed by atoms with Crippen molar-refractivity contribution in [2.45, 2.75) is 406 Å². The molecule has 0 saturated heterocycles. The molecule has 0 amide bonds. The first-order valence-corrected chi connectivity index (χ1v) is 36.0. The van der Waals surface area contributed by atoms with Crippen LogP contribution in [0.2, 0.25) is 0 Å². The molecule has 0 aromatic rings. The van der Waals surface area contributed by atoms with Gasteiger partial charge in [-0.2, -0.15) is 0 Å². The monoisotopic (exact) mass is 1120 g/mol. The van der Waals surface area contributed by atoms with Gasteiger partial charge in [-0.3, -0.25) is 14.4 Å². The van der Waals surface area contributed by atoms with Gasteiger partial charge in [-0.15, -0.1) is 0 Å². The minimum Gasteiger partial charge on any atom is -0.462 e. The number of ether oxygens (including phenoxy) is 3. The van der Waals surface area contributed by atoms with E-state index in [2.05, 4.69) is 57.2 Å². The zero-order valence-corrected chi connectivity index (χ0v) is 54.1. The van der Waals surface area contributed by atoms with E-state index in [1.807, 2.05) is 0 Å². The van der Waals surface area contributed by atoms with Crippen LogP contribution in [0.25, 0.3) is 0 Å². The van der Waals surface area contributed by atoms with E-state index in [1.165, 1.54) is 295 Å². The summed E-state index contributed by atoms with van der Waals surface area (Å²) in [6.07, 6.45) is 85.9. The zero-order chi connectivity index (χ0) is 57.8. The number of carbonyl (C=O) groups is 3. The Labute approximate surface area is 499 Å². The van der Waals surface area contributed by atoms with E-state index < -0.39 is 6.10 Å². The molecule has 1 atom stereocenters. The van der Waals surface area contributed by atoms with Crippen LogP contribution in [-0.2, 0) is 28.6 Å². The van der Waals surface area contributed by atoms with Crippen molar-refractivity contribution in [3.8, 4) is 0 Å². The Morgan fingerprint density at radius 1 is 0.250 bits per heavy atom. The van der Waals surface area contributed by atoms with E-state index in [-0.39, 0.29) is 31.1 Å². The molecule has 6 heteroatoms. The number of esters is 3. The zero-order valence-electron chi connectivity index (χ0n) is 54.1. The maximum atomic E-state index is 13.0. The molecular weight excluding hydrogens is 985 g/mol. The smallest absolute Gasteiger partial charge is 0.306 e. The number of carbonyl (C=O) groups excluding carboxylic acids is 3. The highest BCUT2D eigenvalue weighted by molar-refractivity contribution is 5.71. The molecule has 0 saturated carbocycles. The molecule has 0 spiro atoms. The van der Waals surface area contributed by atoms with Gasteiger partial charge >= 0.3 is 17.9 Å². The van der Waals surface area contributed by atoms with Crippen LogP contribution in [0.4, 0.5) is 0 Å². The van der Waals surface area contributed by atoms with Crippen molar-refractivity contribution < 1.29 is 28.6 Å². The van der Waals surface area contributed by atoms with E-state index in [1.54, 1.807) is 0 Å². The summed E-state index contributed by atoms with van der Waals surface area (Å²) >= 11 is 0. The third-order valence-electron chi connectivity index (χ3n) is 16.4. The lowest BCUT2D eigenvalue weighted by Crippen LogP contribution is -2.30. The number of unbranched alkanes of at least 4 members (excludes halogenated alkanes) is 50. The average molecular weight is 1120 g/mol. The molecule has 0 aromatic carbocycles. The molecule has 0 fully saturated rings. The summed E-state index contributed by atoms with van der Waals surface area (Å²) < 4.78 is 17.0. The Balaban J connectivity index is 4.31. The Morgan fingerprint density at radius 3 is 0.700 bits per heavy atom.